The van der Waals surface area contributed by atoms with Crippen molar-refractivity contribution >= 4 is 34.5 Å². The molecule has 0 aliphatic heterocycles. The van der Waals surface area contributed by atoms with Crippen LogP contribution in [0.1, 0.15) is 35.4 Å². The molecule has 3 aromatic rings. The van der Waals surface area contributed by atoms with Crippen molar-refractivity contribution < 1.29 is 13.2 Å². The first kappa shape index (κ1) is 15.7. The Kier molecular flexibility index (Phi) is 3.50. The number of rotatable bonds is 2. The maximum absolute atomic E-state index is 13.6. The van der Waals surface area contributed by atoms with Gasteiger partial charge in [0.1, 0.15) is 5.69 Å². The Labute approximate surface area is 144 Å². The minimum Gasteiger partial charge on any atom is -0.258 e. The molecule has 0 atom stereocenters. The molecule has 0 bridgehead atoms. The molecule has 8 heteroatoms. The molecule has 2 heterocycles. The normalized spacial score (nSPS) is 15.2. The molecule has 1 aliphatic carbocycles. The monoisotopic (exact) mass is 367 g/mol. The Hall–Kier alpha value is -1.80. The first-order valence-corrected chi connectivity index (χ1v) is 8.64. The number of nitrogens with one attached hydrogen (secondary N) is 1. The fourth-order valence-electron chi connectivity index (χ4n) is 2.83. The number of alkyl halides is 3. The van der Waals surface area contributed by atoms with Crippen LogP contribution >= 0.6 is 23.6 Å². The number of halogens is 3. The van der Waals surface area contributed by atoms with Crippen LogP contribution in [0.2, 0.25) is 0 Å². The minimum absolute atomic E-state index is 0.0250. The van der Waals surface area contributed by atoms with Gasteiger partial charge in [-0.25, -0.2) is 4.98 Å². The van der Waals surface area contributed by atoms with Crippen LogP contribution in [-0.2, 0) is 6.18 Å². The summed E-state index contributed by atoms with van der Waals surface area (Å²) >= 11 is 6.19. The van der Waals surface area contributed by atoms with Gasteiger partial charge in [0.15, 0.2) is 8.96 Å². The van der Waals surface area contributed by atoms with Gasteiger partial charge in [0.2, 0.25) is 0 Å². The summed E-state index contributed by atoms with van der Waals surface area (Å²) in [6, 6.07) is 4.87. The number of nitrogens with zero attached hydrogens (tertiary/aromatic N) is 2. The van der Waals surface area contributed by atoms with Gasteiger partial charge in [0, 0.05) is 5.39 Å². The van der Waals surface area contributed by atoms with Crippen molar-refractivity contribution in [1.29, 1.82) is 0 Å². The lowest BCUT2D eigenvalue weighted by Gasteiger charge is -2.14. The maximum Gasteiger partial charge on any atom is 0.418 e. The van der Waals surface area contributed by atoms with Crippen LogP contribution < -0.4 is 0 Å². The highest BCUT2D eigenvalue weighted by atomic mass is 32.1. The molecule has 3 nitrogen and oxygen atoms in total. The Morgan fingerprint density at radius 1 is 1.25 bits per heavy atom. The molecule has 0 saturated heterocycles. The van der Waals surface area contributed by atoms with E-state index in [1.807, 2.05) is 6.07 Å². The number of H-pyrrole nitrogens is 1. The summed E-state index contributed by atoms with van der Waals surface area (Å²) < 4.78 is 41.2. The predicted octanol–water partition coefficient (Wildman–Crippen LogP) is 5.62. The molecule has 1 N–H and O–H groups in total. The highest BCUT2D eigenvalue weighted by Gasteiger charge is 2.36. The van der Waals surface area contributed by atoms with E-state index in [-0.39, 0.29) is 11.4 Å². The number of hydrogen-bond donors (Lipinski definition) is 1. The first-order valence-electron chi connectivity index (χ1n) is 7.41. The zero-order chi connectivity index (χ0) is 17.1. The smallest absolute Gasteiger partial charge is 0.258 e. The molecular formula is C16H12F3N3S2. The second-order valence-electron chi connectivity index (χ2n) is 5.98. The largest absolute Gasteiger partial charge is 0.418 e. The van der Waals surface area contributed by atoms with Gasteiger partial charge in [-0.1, -0.05) is 11.3 Å². The van der Waals surface area contributed by atoms with Crippen molar-refractivity contribution in [2.24, 2.45) is 0 Å². The quantitative estimate of drug-likeness (QED) is 0.598. The number of aryl methyl sites for hydroxylation is 1. The zero-order valence-corrected chi connectivity index (χ0v) is 14.2. The van der Waals surface area contributed by atoms with Crippen molar-refractivity contribution in [2.75, 3.05) is 0 Å². The van der Waals surface area contributed by atoms with Gasteiger partial charge in [-0.05, 0) is 67.2 Å². The number of hydrogen-bond acceptors (Lipinski definition) is 4. The molecule has 0 spiro atoms. The third-order valence-corrected chi connectivity index (χ3v) is 5.27. The van der Waals surface area contributed by atoms with E-state index in [0.29, 0.717) is 20.0 Å². The van der Waals surface area contributed by atoms with Crippen molar-refractivity contribution in [3.63, 3.8) is 0 Å². The average Bonchev–Trinajstić information content (AvgIpc) is 3.27. The van der Waals surface area contributed by atoms with Crippen LogP contribution in [0.4, 0.5) is 13.2 Å². The van der Waals surface area contributed by atoms with Crippen molar-refractivity contribution in [2.45, 2.75) is 31.9 Å². The fourth-order valence-corrected chi connectivity index (χ4v) is 3.68. The molecule has 1 fully saturated rings. The van der Waals surface area contributed by atoms with Crippen LogP contribution in [0.15, 0.2) is 18.2 Å². The highest BCUT2D eigenvalue weighted by molar-refractivity contribution is 7.73. The second-order valence-corrected chi connectivity index (χ2v) is 7.65. The topological polar surface area (TPSA) is 41.6 Å². The van der Waals surface area contributed by atoms with E-state index in [2.05, 4.69) is 15.2 Å². The van der Waals surface area contributed by atoms with Crippen LogP contribution in [0.3, 0.4) is 0 Å². The van der Waals surface area contributed by atoms with Gasteiger partial charge in [-0.15, -0.1) is 0 Å². The Morgan fingerprint density at radius 2 is 2.00 bits per heavy atom. The summed E-state index contributed by atoms with van der Waals surface area (Å²) in [5.74, 6) is 0.242. The van der Waals surface area contributed by atoms with Crippen LogP contribution in [-0.4, -0.2) is 15.2 Å². The SMILES string of the molecule is Cc1cc(-c2n[nH]c(=S)s2)nc2c(C(F)(F)F)cc(C3CC3)cc12. The van der Waals surface area contributed by atoms with E-state index in [9.17, 15) is 13.2 Å². The van der Waals surface area contributed by atoms with Crippen LogP contribution in [0.5, 0.6) is 0 Å². The molecule has 0 radical (unpaired) electrons. The van der Waals surface area contributed by atoms with Crippen molar-refractivity contribution in [3.8, 4) is 10.7 Å². The minimum atomic E-state index is -4.45. The van der Waals surface area contributed by atoms with E-state index in [0.717, 1.165) is 24.0 Å². The van der Waals surface area contributed by atoms with Gasteiger partial charge in [-0.2, -0.15) is 18.3 Å². The van der Waals surface area contributed by atoms with Gasteiger partial charge in [-0.3, -0.25) is 5.10 Å². The Bertz CT molecular complexity index is 1000. The second kappa shape index (κ2) is 5.35. The van der Waals surface area contributed by atoms with E-state index >= 15 is 0 Å². The molecule has 124 valence electrons. The van der Waals surface area contributed by atoms with Crippen molar-refractivity contribution in [3.05, 3.63) is 38.8 Å². The summed E-state index contributed by atoms with van der Waals surface area (Å²) in [6.07, 6.45) is -2.55. The third kappa shape index (κ3) is 2.73. The predicted molar refractivity (Wildman–Crippen MR) is 89.7 cm³/mol. The van der Waals surface area contributed by atoms with E-state index in [1.165, 1.54) is 17.4 Å². The highest BCUT2D eigenvalue weighted by Crippen LogP contribution is 2.45. The first-order chi connectivity index (χ1) is 11.3. The van der Waals surface area contributed by atoms with Crippen LogP contribution in [0.25, 0.3) is 21.6 Å². The molecule has 1 aliphatic rings. The third-order valence-electron chi connectivity index (χ3n) is 4.15. The Morgan fingerprint density at radius 3 is 2.58 bits per heavy atom. The fraction of sp³-hybridized carbons (Fsp3) is 0.312. The summed E-state index contributed by atoms with van der Waals surface area (Å²) in [7, 11) is 0. The van der Waals surface area contributed by atoms with Gasteiger partial charge < -0.3 is 0 Å². The van der Waals surface area contributed by atoms with Gasteiger partial charge >= 0.3 is 6.18 Å². The summed E-state index contributed by atoms with van der Waals surface area (Å²) in [6.45, 7) is 1.80. The zero-order valence-electron chi connectivity index (χ0n) is 12.6. The standard InChI is InChI=1S/C16H12F3N3S2/c1-7-4-12(14-21-22-15(23)24-14)20-13-10(7)5-9(8-2-3-8)6-11(13)16(17,18)19/h4-6,8H,2-3H2,1H3,(H,22,23). The molecule has 0 unspecified atom stereocenters. The lowest BCUT2D eigenvalue weighted by atomic mass is 9.98. The van der Waals surface area contributed by atoms with Crippen molar-refractivity contribution in [1.82, 2.24) is 15.2 Å². The van der Waals surface area contributed by atoms with Gasteiger partial charge in [0.05, 0.1) is 11.1 Å². The molecule has 1 saturated carbocycles. The van der Waals surface area contributed by atoms with E-state index in [1.54, 1.807) is 13.0 Å². The van der Waals surface area contributed by atoms with Crippen LogP contribution in [0, 0.1) is 10.9 Å². The Balaban J connectivity index is 2.02. The summed E-state index contributed by atoms with van der Waals surface area (Å²) in [5.41, 5.74) is 1.21. The number of fused-ring (bicyclic) bond motifs is 1. The number of pyridine rings is 1. The summed E-state index contributed by atoms with van der Waals surface area (Å²) in [5, 5.41) is 7.70. The molecular weight excluding hydrogens is 355 g/mol. The lowest BCUT2D eigenvalue weighted by Crippen LogP contribution is -2.08. The average molecular weight is 367 g/mol. The number of aromatic amines is 1. The maximum atomic E-state index is 13.6. The number of aromatic nitrogens is 3. The number of benzene rings is 1. The molecule has 1 aromatic carbocycles. The molecule has 0 amide bonds. The molecule has 2 aromatic heterocycles. The van der Waals surface area contributed by atoms with E-state index < -0.39 is 11.7 Å². The van der Waals surface area contributed by atoms with Gasteiger partial charge in [0.25, 0.3) is 0 Å². The summed E-state index contributed by atoms with van der Waals surface area (Å²) in [4.78, 5) is 4.27. The van der Waals surface area contributed by atoms with E-state index in [4.69, 9.17) is 12.2 Å². The lowest BCUT2D eigenvalue weighted by molar-refractivity contribution is -0.136. The molecule has 4 rings (SSSR count). The molecule has 24 heavy (non-hydrogen) atoms.